The topological polar surface area (TPSA) is 26.0 Å². The maximum absolute atomic E-state index is 6.03. The first-order chi connectivity index (χ1) is 6.63. The third kappa shape index (κ3) is 4.50. The number of rotatable bonds is 4. The van der Waals surface area contributed by atoms with Crippen molar-refractivity contribution in [1.82, 2.24) is 0 Å². The van der Waals surface area contributed by atoms with Gasteiger partial charge in [0.15, 0.2) is 0 Å². The number of halogens is 1. The molecule has 0 heterocycles. The van der Waals surface area contributed by atoms with E-state index in [-0.39, 0.29) is 18.4 Å². The third-order valence-corrected chi connectivity index (χ3v) is 2.38. The van der Waals surface area contributed by atoms with Gasteiger partial charge >= 0.3 is 0 Å². The second-order valence-corrected chi connectivity index (χ2v) is 3.86. The summed E-state index contributed by atoms with van der Waals surface area (Å²) in [5, 5.41) is 0. The van der Waals surface area contributed by atoms with Gasteiger partial charge in [-0.3, -0.25) is 0 Å². The summed E-state index contributed by atoms with van der Waals surface area (Å²) in [6.45, 7) is 8.04. The lowest BCUT2D eigenvalue weighted by atomic mass is 10.00. The summed E-state index contributed by atoms with van der Waals surface area (Å²) in [7, 11) is 0. The van der Waals surface area contributed by atoms with E-state index < -0.39 is 0 Å². The Hall–Kier alpha value is -0.790. The van der Waals surface area contributed by atoms with Gasteiger partial charge in [0.2, 0.25) is 0 Å². The summed E-state index contributed by atoms with van der Waals surface area (Å²) in [5.74, 6) is 0. The zero-order valence-corrected chi connectivity index (χ0v) is 10.3. The van der Waals surface area contributed by atoms with Crippen molar-refractivity contribution in [3.8, 4) is 0 Å². The Morgan fingerprint density at radius 3 is 2.27 bits per heavy atom. The lowest BCUT2D eigenvalue weighted by molar-refractivity contribution is 0.717. The first kappa shape index (κ1) is 14.2. The molecule has 0 saturated heterocycles. The quantitative estimate of drug-likeness (QED) is 0.778. The number of hydrogen-bond donors (Lipinski definition) is 1. The Morgan fingerprint density at radius 1 is 1.33 bits per heavy atom. The molecular formula is C13H20ClN. The predicted octanol–water partition coefficient (Wildman–Crippen LogP) is 3.64. The van der Waals surface area contributed by atoms with E-state index >= 15 is 0 Å². The zero-order chi connectivity index (χ0) is 10.6. The normalized spacial score (nSPS) is 11.7. The van der Waals surface area contributed by atoms with Crippen LogP contribution in [0.15, 0.2) is 36.4 Å². The van der Waals surface area contributed by atoms with Crippen LogP contribution in [0.4, 0.5) is 0 Å². The maximum Gasteiger partial charge on any atom is 0.0332 e. The molecule has 2 heteroatoms. The maximum atomic E-state index is 6.03. The van der Waals surface area contributed by atoms with Crippen LogP contribution < -0.4 is 5.73 Å². The molecule has 84 valence electrons. The second-order valence-electron chi connectivity index (χ2n) is 3.86. The van der Waals surface area contributed by atoms with Crippen LogP contribution in [0.2, 0.25) is 0 Å². The van der Waals surface area contributed by atoms with Crippen molar-refractivity contribution in [2.24, 2.45) is 5.73 Å². The zero-order valence-electron chi connectivity index (χ0n) is 9.49. The Bertz CT molecular complexity index is 303. The van der Waals surface area contributed by atoms with Crippen molar-refractivity contribution in [3.63, 3.8) is 0 Å². The van der Waals surface area contributed by atoms with Crippen molar-refractivity contribution < 1.29 is 0 Å². The lowest BCUT2D eigenvalue weighted by Crippen LogP contribution is -2.10. The van der Waals surface area contributed by atoms with Gasteiger partial charge in [0.1, 0.15) is 0 Å². The van der Waals surface area contributed by atoms with E-state index in [0.717, 1.165) is 18.4 Å². The van der Waals surface area contributed by atoms with Crippen molar-refractivity contribution in [1.29, 1.82) is 0 Å². The smallest absolute Gasteiger partial charge is 0.0332 e. The van der Waals surface area contributed by atoms with E-state index in [4.69, 9.17) is 5.73 Å². The van der Waals surface area contributed by atoms with Crippen molar-refractivity contribution >= 4 is 12.4 Å². The highest BCUT2D eigenvalue weighted by molar-refractivity contribution is 5.85. The van der Waals surface area contributed by atoms with Crippen LogP contribution in [0.3, 0.4) is 0 Å². The average Bonchev–Trinajstić information content (AvgIpc) is 2.17. The summed E-state index contributed by atoms with van der Waals surface area (Å²) in [6, 6.07) is 8.62. The Balaban J connectivity index is 0.00000196. The van der Waals surface area contributed by atoms with E-state index in [0.29, 0.717) is 0 Å². The van der Waals surface area contributed by atoms with Gasteiger partial charge in [-0.2, -0.15) is 0 Å². The third-order valence-electron chi connectivity index (χ3n) is 2.38. The van der Waals surface area contributed by atoms with Crippen molar-refractivity contribution in [3.05, 3.63) is 47.5 Å². The summed E-state index contributed by atoms with van der Waals surface area (Å²) in [5.41, 5.74) is 9.72. The van der Waals surface area contributed by atoms with Gasteiger partial charge in [0.25, 0.3) is 0 Å². The molecule has 0 unspecified atom stereocenters. The molecule has 1 aromatic carbocycles. The highest BCUT2D eigenvalue weighted by Crippen LogP contribution is 2.18. The van der Waals surface area contributed by atoms with Crippen molar-refractivity contribution in [2.75, 3.05) is 0 Å². The van der Waals surface area contributed by atoms with Crippen LogP contribution in [0, 0.1) is 0 Å². The van der Waals surface area contributed by atoms with Crippen molar-refractivity contribution in [2.45, 2.75) is 32.7 Å². The number of benzene rings is 1. The minimum atomic E-state index is 0. The van der Waals surface area contributed by atoms with Crippen LogP contribution in [0.25, 0.3) is 0 Å². The van der Waals surface area contributed by atoms with Gasteiger partial charge in [-0.25, -0.2) is 0 Å². The van der Waals surface area contributed by atoms with Crippen LogP contribution >= 0.6 is 12.4 Å². The van der Waals surface area contributed by atoms with Gasteiger partial charge in [-0.05, 0) is 30.9 Å². The van der Waals surface area contributed by atoms with E-state index in [1.807, 2.05) is 6.92 Å². The van der Waals surface area contributed by atoms with Gasteiger partial charge < -0.3 is 5.73 Å². The molecule has 0 bridgehead atoms. The van der Waals surface area contributed by atoms with E-state index in [1.54, 1.807) is 0 Å². The second kappa shape index (κ2) is 6.65. The Labute approximate surface area is 98.8 Å². The van der Waals surface area contributed by atoms with E-state index in [2.05, 4.69) is 37.8 Å². The Kier molecular flexibility index (Phi) is 6.30. The van der Waals surface area contributed by atoms with Gasteiger partial charge in [0, 0.05) is 6.04 Å². The number of aryl methyl sites for hydroxylation is 1. The van der Waals surface area contributed by atoms with Crippen LogP contribution in [0.1, 0.15) is 37.4 Å². The SMILES string of the molecule is C=C(C)C[C@H](N)c1ccc(CC)cc1.Cl. The van der Waals surface area contributed by atoms with Gasteiger partial charge in [-0.1, -0.05) is 36.8 Å². The summed E-state index contributed by atoms with van der Waals surface area (Å²) in [4.78, 5) is 0. The van der Waals surface area contributed by atoms with Crippen LogP contribution in [-0.4, -0.2) is 0 Å². The molecule has 0 radical (unpaired) electrons. The molecule has 0 aliphatic rings. The fraction of sp³-hybridized carbons (Fsp3) is 0.385. The monoisotopic (exact) mass is 225 g/mol. The van der Waals surface area contributed by atoms with Crippen LogP contribution in [-0.2, 0) is 6.42 Å². The van der Waals surface area contributed by atoms with E-state index in [1.165, 1.54) is 11.1 Å². The number of nitrogens with two attached hydrogens (primary N) is 1. The molecule has 1 rings (SSSR count). The fourth-order valence-electron chi connectivity index (χ4n) is 1.49. The summed E-state index contributed by atoms with van der Waals surface area (Å²) < 4.78 is 0. The minimum Gasteiger partial charge on any atom is -0.324 e. The highest BCUT2D eigenvalue weighted by Gasteiger charge is 2.05. The average molecular weight is 226 g/mol. The van der Waals surface area contributed by atoms with E-state index in [9.17, 15) is 0 Å². The minimum absolute atomic E-state index is 0. The highest BCUT2D eigenvalue weighted by atomic mass is 35.5. The Morgan fingerprint density at radius 2 is 1.87 bits per heavy atom. The molecule has 1 nitrogen and oxygen atoms in total. The summed E-state index contributed by atoms with van der Waals surface area (Å²) in [6.07, 6.45) is 1.95. The largest absolute Gasteiger partial charge is 0.324 e. The molecule has 0 spiro atoms. The van der Waals surface area contributed by atoms with Crippen LogP contribution in [0.5, 0.6) is 0 Å². The lowest BCUT2D eigenvalue weighted by Gasteiger charge is -2.12. The molecule has 1 atom stereocenters. The first-order valence-electron chi connectivity index (χ1n) is 5.12. The predicted molar refractivity (Wildman–Crippen MR) is 69.4 cm³/mol. The molecule has 2 N–H and O–H groups in total. The fourth-order valence-corrected chi connectivity index (χ4v) is 1.49. The van der Waals surface area contributed by atoms with Gasteiger partial charge in [-0.15, -0.1) is 19.0 Å². The molecule has 0 fully saturated rings. The first-order valence-corrected chi connectivity index (χ1v) is 5.12. The van der Waals surface area contributed by atoms with Gasteiger partial charge in [0.05, 0.1) is 0 Å². The molecule has 0 aromatic heterocycles. The molecule has 0 aliphatic heterocycles. The standard InChI is InChI=1S/C13H19N.ClH/c1-4-11-5-7-12(8-6-11)13(14)9-10(2)3;/h5-8,13H,2,4,9,14H2,1,3H3;1H/t13-;/m0./s1. The molecule has 15 heavy (non-hydrogen) atoms. The molecule has 0 saturated carbocycles. The summed E-state index contributed by atoms with van der Waals surface area (Å²) >= 11 is 0. The molecule has 0 amide bonds. The molecule has 1 aromatic rings. The molecular weight excluding hydrogens is 206 g/mol. The molecule has 0 aliphatic carbocycles. The number of hydrogen-bond acceptors (Lipinski definition) is 1.